The van der Waals surface area contributed by atoms with E-state index < -0.39 is 36.1 Å². The average molecular weight is 592 g/mol. The van der Waals surface area contributed by atoms with Gasteiger partial charge in [0, 0.05) is 44.4 Å². The molecule has 2 aliphatic heterocycles. The quantitative estimate of drug-likeness (QED) is 0.292. The van der Waals surface area contributed by atoms with Crippen molar-refractivity contribution in [2.24, 2.45) is 0 Å². The number of pyridine rings is 1. The van der Waals surface area contributed by atoms with Crippen LogP contribution in [0.2, 0.25) is 0 Å². The van der Waals surface area contributed by atoms with Gasteiger partial charge in [0.05, 0.1) is 11.3 Å². The maximum atomic E-state index is 14.2. The lowest BCUT2D eigenvalue weighted by molar-refractivity contribution is -0.139. The number of para-hydroxylation sites is 1. The summed E-state index contributed by atoms with van der Waals surface area (Å²) in [5, 5.41) is 2.95. The second-order valence-electron chi connectivity index (χ2n) is 10.6. The van der Waals surface area contributed by atoms with E-state index in [1.165, 1.54) is 4.90 Å². The number of benzene rings is 3. The zero-order valence-corrected chi connectivity index (χ0v) is 24.1. The lowest BCUT2D eigenvalue weighted by Gasteiger charge is -2.33. The van der Waals surface area contributed by atoms with Gasteiger partial charge in [0.1, 0.15) is 12.6 Å². The van der Waals surface area contributed by atoms with Gasteiger partial charge in [-0.25, -0.2) is 0 Å². The van der Waals surface area contributed by atoms with Crippen LogP contribution in [0.25, 0.3) is 0 Å². The van der Waals surface area contributed by atoms with Crippen molar-refractivity contribution in [3.8, 4) is 11.5 Å². The summed E-state index contributed by atoms with van der Waals surface area (Å²) in [6.07, 6.45) is 3.22. The van der Waals surface area contributed by atoms with Gasteiger partial charge in [-0.15, -0.1) is 0 Å². The van der Waals surface area contributed by atoms with Gasteiger partial charge in [-0.3, -0.25) is 29.1 Å². The topological polar surface area (TPSA) is 121 Å². The third-order valence-electron chi connectivity index (χ3n) is 7.49. The third-order valence-corrected chi connectivity index (χ3v) is 7.49. The molecule has 0 radical (unpaired) electrons. The van der Waals surface area contributed by atoms with E-state index in [2.05, 4.69) is 10.3 Å². The van der Waals surface area contributed by atoms with Crippen LogP contribution in [-0.4, -0.2) is 60.8 Å². The molecule has 1 aromatic heterocycles. The smallest absolute Gasteiger partial charge is 0.299 e. The summed E-state index contributed by atoms with van der Waals surface area (Å²) in [7, 11) is 3.84. The summed E-state index contributed by atoms with van der Waals surface area (Å²) in [6, 6.07) is 21.3. The van der Waals surface area contributed by atoms with Crippen LogP contribution in [0, 0.1) is 0 Å². The Morgan fingerprint density at radius 2 is 1.73 bits per heavy atom. The molecule has 1 atom stereocenters. The number of rotatable bonds is 9. The standard InChI is InChI=1S/C33H29N5O6/c1-36(2)24-12-10-23(11-13-24)35-32(41)30(22-9-14-27-28(16-22)44-20-43-27)38(18-21-6-5-15-34-17-21)29(39)19-37-26-8-4-3-7-25(26)31(40)33(37)42/h3-17,30H,18-20H2,1-2H3,(H,35,41). The molecule has 11 heteroatoms. The van der Waals surface area contributed by atoms with E-state index in [0.717, 1.165) is 10.6 Å². The SMILES string of the molecule is CN(C)c1ccc(NC(=O)C(c2ccc3c(c2)OCO3)N(Cc2cccnc2)C(=O)CN2C(=O)C(=O)c3ccccc32)cc1. The molecule has 0 aliphatic carbocycles. The minimum atomic E-state index is -1.16. The zero-order valence-electron chi connectivity index (χ0n) is 24.1. The predicted molar refractivity (Wildman–Crippen MR) is 163 cm³/mol. The van der Waals surface area contributed by atoms with Gasteiger partial charge in [-0.05, 0) is 65.7 Å². The van der Waals surface area contributed by atoms with Gasteiger partial charge in [0.25, 0.3) is 17.6 Å². The van der Waals surface area contributed by atoms with E-state index in [4.69, 9.17) is 9.47 Å². The molecule has 3 heterocycles. The van der Waals surface area contributed by atoms with Crippen molar-refractivity contribution in [1.82, 2.24) is 9.88 Å². The van der Waals surface area contributed by atoms with Gasteiger partial charge >= 0.3 is 0 Å². The van der Waals surface area contributed by atoms with Crippen LogP contribution in [0.4, 0.5) is 17.1 Å². The van der Waals surface area contributed by atoms with Gasteiger partial charge < -0.3 is 24.6 Å². The average Bonchev–Trinajstić information content (AvgIpc) is 3.60. The molecule has 44 heavy (non-hydrogen) atoms. The van der Waals surface area contributed by atoms with E-state index in [9.17, 15) is 19.2 Å². The first-order valence-corrected chi connectivity index (χ1v) is 13.9. The Hall–Kier alpha value is -5.71. The molecule has 1 N–H and O–H groups in total. The number of nitrogens with one attached hydrogen (secondary N) is 1. The van der Waals surface area contributed by atoms with Gasteiger partial charge in [0.2, 0.25) is 12.7 Å². The highest BCUT2D eigenvalue weighted by atomic mass is 16.7. The van der Waals surface area contributed by atoms with Crippen LogP contribution in [0.3, 0.4) is 0 Å². The number of nitrogens with zero attached hydrogens (tertiary/aromatic N) is 4. The summed E-state index contributed by atoms with van der Waals surface area (Å²) in [5.41, 5.74) is 3.21. The molecule has 6 rings (SSSR count). The summed E-state index contributed by atoms with van der Waals surface area (Å²) >= 11 is 0. The van der Waals surface area contributed by atoms with Crippen molar-refractivity contribution in [3.63, 3.8) is 0 Å². The second kappa shape index (κ2) is 11.9. The molecule has 0 bridgehead atoms. The molecule has 2 aliphatic rings. The number of ether oxygens (including phenoxy) is 2. The fourth-order valence-electron chi connectivity index (χ4n) is 5.25. The van der Waals surface area contributed by atoms with Crippen molar-refractivity contribution < 1.29 is 28.7 Å². The van der Waals surface area contributed by atoms with E-state index in [1.54, 1.807) is 79.1 Å². The third kappa shape index (κ3) is 5.54. The Balaban J connectivity index is 1.39. The Labute approximate surface area is 253 Å². The summed E-state index contributed by atoms with van der Waals surface area (Å²) in [4.78, 5) is 62.7. The minimum absolute atomic E-state index is 0.00358. The molecule has 3 amide bonds. The predicted octanol–water partition coefficient (Wildman–Crippen LogP) is 3.81. The Morgan fingerprint density at radius 1 is 0.955 bits per heavy atom. The number of carbonyl (C=O) groups excluding carboxylic acids is 4. The molecule has 3 aromatic carbocycles. The monoisotopic (exact) mass is 591 g/mol. The fraction of sp³-hybridized carbons (Fsp3) is 0.182. The number of hydrogen-bond acceptors (Lipinski definition) is 8. The van der Waals surface area contributed by atoms with Crippen LogP contribution >= 0.6 is 0 Å². The van der Waals surface area contributed by atoms with Crippen LogP contribution in [0.15, 0.2) is 91.3 Å². The Morgan fingerprint density at radius 3 is 2.48 bits per heavy atom. The van der Waals surface area contributed by atoms with Gasteiger partial charge in [0.15, 0.2) is 11.5 Å². The summed E-state index contributed by atoms with van der Waals surface area (Å²) in [5.74, 6) is -1.55. The largest absolute Gasteiger partial charge is 0.454 e. The number of anilines is 3. The first-order valence-electron chi connectivity index (χ1n) is 13.9. The highest BCUT2D eigenvalue weighted by Crippen LogP contribution is 2.37. The maximum Gasteiger partial charge on any atom is 0.299 e. The molecule has 4 aromatic rings. The number of aromatic nitrogens is 1. The molecule has 0 saturated heterocycles. The number of fused-ring (bicyclic) bond motifs is 2. The molecular formula is C33H29N5O6. The van der Waals surface area contributed by atoms with Gasteiger partial charge in [-0.2, -0.15) is 0 Å². The number of carbonyl (C=O) groups is 4. The Bertz CT molecular complexity index is 1740. The normalized spacial score (nSPS) is 13.8. The van der Waals surface area contributed by atoms with Crippen molar-refractivity contribution in [3.05, 3.63) is 108 Å². The van der Waals surface area contributed by atoms with E-state index in [0.29, 0.717) is 34.0 Å². The van der Waals surface area contributed by atoms with Crippen LogP contribution in [0.1, 0.15) is 27.5 Å². The highest BCUT2D eigenvalue weighted by molar-refractivity contribution is 6.52. The fourth-order valence-corrected chi connectivity index (χ4v) is 5.25. The lowest BCUT2D eigenvalue weighted by Crippen LogP contribution is -2.46. The summed E-state index contributed by atoms with van der Waals surface area (Å²) in [6.45, 7) is -0.416. The van der Waals surface area contributed by atoms with E-state index in [-0.39, 0.29) is 18.9 Å². The zero-order chi connectivity index (χ0) is 30.8. The van der Waals surface area contributed by atoms with Crippen molar-refractivity contribution in [2.75, 3.05) is 42.5 Å². The van der Waals surface area contributed by atoms with Crippen LogP contribution in [0.5, 0.6) is 11.5 Å². The van der Waals surface area contributed by atoms with Crippen LogP contribution < -0.4 is 24.6 Å². The number of Topliss-reactive ketones (excluding diaryl/α,β-unsaturated/α-hetero) is 1. The van der Waals surface area contributed by atoms with Gasteiger partial charge in [-0.1, -0.05) is 24.3 Å². The summed E-state index contributed by atoms with van der Waals surface area (Å²) < 4.78 is 11.1. The van der Waals surface area contributed by atoms with Crippen molar-refractivity contribution >= 4 is 40.6 Å². The van der Waals surface area contributed by atoms with Crippen LogP contribution in [-0.2, 0) is 20.9 Å². The Kier molecular flexibility index (Phi) is 7.67. The van der Waals surface area contributed by atoms with E-state index in [1.807, 2.05) is 31.1 Å². The van der Waals surface area contributed by atoms with Crippen molar-refractivity contribution in [1.29, 1.82) is 0 Å². The number of ketones is 1. The number of amides is 3. The molecule has 1 unspecified atom stereocenters. The maximum absolute atomic E-state index is 14.2. The lowest BCUT2D eigenvalue weighted by atomic mass is 10.0. The molecule has 0 fully saturated rings. The first-order chi connectivity index (χ1) is 21.3. The second-order valence-corrected chi connectivity index (χ2v) is 10.6. The molecule has 222 valence electrons. The minimum Gasteiger partial charge on any atom is -0.454 e. The van der Waals surface area contributed by atoms with Crippen molar-refractivity contribution in [2.45, 2.75) is 12.6 Å². The molecule has 11 nitrogen and oxygen atoms in total. The van der Waals surface area contributed by atoms with E-state index >= 15 is 0 Å². The highest BCUT2D eigenvalue weighted by Gasteiger charge is 2.39. The molecular weight excluding hydrogens is 562 g/mol. The first kappa shape index (κ1) is 28.4. The molecule has 0 spiro atoms. The molecule has 0 saturated carbocycles. The number of hydrogen-bond donors (Lipinski definition) is 1.